The maximum atomic E-state index is 10.5. The number of hydrogen-bond donors (Lipinski definition) is 2. The lowest BCUT2D eigenvalue weighted by molar-refractivity contribution is 0.170. The van der Waals surface area contributed by atoms with E-state index in [2.05, 4.69) is 0 Å². The van der Waals surface area contributed by atoms with Crippen LogP contribution in [0.4, 0.5) is 0 Å². The number of rotatable bonds is 4. The Morgan fingerprint density at radius 3 is 2.70 bits per heavy atom. The fourth-order valence-electron chi connectivity index (χ4n) is 3.43. The zero-order chi connectivity index (χ0) is 20.7. The van der Waals surface area contributed by atoms with E-state index in [0.29, 0.717) is 39.1 Å². The molecule has 0 saturated heterocycles. The van der Waals surface area contributed by atoms with Crippen molar-refractivity contribution in [2.75, 3.05) is 6.79 Å². The van der Waals surface area contributed by atoms with Crippen molar-refractivity contribution in [3.63, 3.8) is 0 Å². The van der Waals surface area contributed by atoms with Crippen molar-refractivity contribution < 1.29 is 29.2 Å². The zero-order valence-electron chi connectivity index (χ0n) is 15.7. The summed E-state index contributed by atoms with van der Waals surface area (Å²) in [5.74, 6) is 2.00. The van der Waals surface area contributed by atoms with Gasteiger partial charge in [-0.15, -0.1) is 0 Å². The highest BCUT2D eigenvalue weighted by molar-refractivity contribution is 6.30. The molecule has 0 aromatic heterocycles. The van der Waals surface area contributed by atoms with Crippen LogP contribution in [-0.2, 0) is 6.61 Å². The van der Waals surface area contributed by atoms with Crippen molar-refractivity contribution in [3.8, 4) is 28.7 Å². The number of aromatic hydroxyl groups is 1. The van der Waals surface area contributed by atoms with Crippen LogP contribution in [0.25, 0.3) is 6.08 Å². The molecule has 0 saturated carbocycles. The van der Waals surface area contributed by atoms with Crippen LogP contribution in [0.3, 0.4) is 0 Å². The molecule has 3 aromatic rings. The molecule has 0 bridgehead atoms. The van der Waals surface area contributed by atoms with Crippen LogP contribution in [0.5, 0.6) is 28.7 Å². The van der Waals surface area contributed by atoms with Crippen molar-refractivity contribution in [3.05, 3.63) is 82.1 Å². The van der Waals surface area contributed by atoms with Crippen LogP contribution in [-0.4, -0.2) is 17.0 Å². The molecule has 152 valence electrons. The minimum atomic E-state index is -0.741. The molecule has 2 heterocycles. The molecule has 0 aliphatic carbocycles. The predicted octanol–water partition coefficient (Wildman–Crippen LogP) is 5.39. The summed E-state index contributed by atoms with van der Waals surface area (Å²) in [7, 11) is 0. The predicted molar refractivity (Wildman–Crippen MR) is 110 cm³/mol. The smallest absolute Gasteiger partial charge is 0.231 e. The number of fused-ring (bicyclic) bond motifs is 2. The third kappa shape index (κ3) is 3.46. The molecule has 2 N–H and O–H groups in total. The second kappa shape index (κ2) is 7.39. The first-order chi connectivity index (χ1) is 14.6. The number of aliphatic hydroxyl groups excluding tert-OH is 1. The maximum absolute atomic E-state index is 10.5. The normalized spacial score (nSPS) is 16.4. The van der Waals surface area contributed by atoms with E-state index in [0.717, 1.165) is 5.56 Å². The number of phenolic OH excluding ortho intramolecular Hbond substituents is 1. The quantitative estimate of drug-likeness (QED) is 0.585. The first-order valence-corrected chi connectivity index (χ1v) is 9.65. The Morgan fingerprint density at radius 1 is 0.967 bits per heavy atom. The highest BCUT2D eigenvalue weighted by atomic mass is 35.5. The molecule has 0 radical (unpaired) electrons. The molecular weight excluding hydrogens is 408 g/mol. The van der Waals surface area contributed by atoms with E-state index >= 15 is 0 Å². The van der Waals surface area contributed by atoms with Crippen LogP contribution in [0, 0.1) is 0 Å². The first kappa shape index (κ1) is 18.5. The van der Waals surface area contributed by atoms with E-state index in [1.807, 2.05) is 18.2 Å². The van der Waals surface area contributed by atoms with Crippen molar-refractivity contribution >= 4 is 17.7 Å². The number of halogens is 1. The van der Waals surface area contributed by atoms with Gasteiger partial charge < -0.3 is 29.2 Å². The van der Waals surface area contributed by atoms with Crippen LogP contribution in [0.1, 0.15) is 22.8 Å². The number of aliphatic hydroxyl groups is 1. The molecule has 0 spiro atoms. The van der Waals surface area contributed by atoms with Gasteiger partial charge in [0, 0.05) is 22.7 Å². The fraction of sp³-hybridized carbons (Fsp3) is 0.130. The number of ether oxygens (including phenoxy) is 4. The summed E-state index contributed by atoms with van der Waals surface area (Å²) >= 11 is 6.01. The van der Waals surface area contributed by atoms with Crippen LogP contribution in [0.2, 0.25) is 5.02 Å². The molecule has 2 aliphatic heterocycles. The number of phenols is 1. The van der Waals surface area contributed by atoms with Gasteiger partial charge in [0.25, 0.3) is 0 Å². The van der Waals surface area contributed by atoms with Crippen molar-refractivity contribution in [2.24, 2.45) is 0 Å². The highest BCUT2D eigenvalue weighted by Gasteiger charge is 2.28. The van der Waals surface area contributed by atoms with Gasteiger partial charge in [0.15, 0.2) is 17.6 Å². The average molecular weight is 425 g/mol. The van der Waals surface area contributed by atoms with Gasteiger partial charge in [-0.3, -0.25) is 0 Å². The summed E-state index contributed by atoms with van der Waals surface area (Å²) in [5.41, 5.74) is 1.99. The maximum Gasteiger partial charge on any atom is 0.231 e. The topological polar surface area (TPSA) is 77.4 Å². The molecule has 30 heavy (non-hydrogen) atoms. The Hall–Kier alpha value is -3.51. The van der Waals surface area contributed by atoms with E-state index in [9.17, 15) is 10.2 Å². The van der Waals surface area contributed by atoms with E-state index in [1.54, 1.807) is 30.3 Å². The monoisotopic (exact) mass is 424 g/mol. The van der Waals surface area contributed by atoms with Gasteiger partial charge in [0.1, 0.15) is 29.6 Å². The average Bonchev–Trinajstić information content (AvgIpc) is 3.20. The second-order valence-corrected chi connectivity index (χ2v) is 7.39. The third-order valence-corrected chi connectivity index (χ3v) is 5.13. The summed E-state index contributed by atoms with van der Waals surface area (Å²) in [5, 5.41) is 21.5. The lowest BCUT2D eigenvalue weighted by atomic mass is 10.0. The number of hydrogen-bond acceptors (Lipinski definition) is 6. The van der Waals surface area contributed by atoms with Gasteiger partial charge in [-0.05, 0) is 35.9 Å². The second-order valence-electron chi connectivity index (χ2n) is 6.95. The van der Waals surface area contributed by atoms with Crippen molar-refractivity contribution in [1.82, 2.24) is 0 Å². The van der Waals surface area contributed by atoms with Gasteiger partial charge in [0.05, 0.1) is 5.56 Å². The summed E-state index contributed by atoms with van der Waals surface area (Å²) in [6.07, 6.45) is 0.749. The summed E-state index contributed by atoms with van der Waals surface area (Å²) < 4.78 is 22.5. The van der Waals surface area contributed by atoms with E-state index in [1.165, 1.54) is 12.1 Å². The van der Waals surface area contributed by atoms with Gasteiger partial charge in [-0.25, -0.2) is 0 Å². The van der Waals surface area contributed by atoms with Gasteiger partial charge in [-0.2, -0.15) is 0 Å². The fourth-order valence-corrected chi connectivity index (χ4v) is 3.65. The SMILES string of the molecule is OC1=Cc2c(O)cc(OCc3cccc(Cl)c3)cc2OC1c1ccc2c(c1)OCO2. The Morgan fingerprint density at radius 2 is 1.83 bits per heavy atom. The van der Waals surface area contributed by atoms with Crippen LogP contribution < -0.4 is 18.9 Å². The lowest BCUT2D eigenvalue weighted by Gasteiger charge is -2.25. The minimum Gasteiger partial charge on any atom is -0.508 e. The van der Waals surface area contributed by atoms with E-state index in [4.69, 9.17) is 30.5 Å². The molecule has 2 aliphatic rings. The lowest BCUT2D eigenvalue weighted by Crippen LogP contribution is -2.15. The van der Waals surface area contributed by atoms with Crippen molar-refractivity contribution in [2.45, 2.75) is 12.7 Å². The van der Waals surface area contributed by atoms with Gasteiger partial charge >= 0.3 is 0 Å². The standard InChI is InChI=1S/C23H17ClO6/c24-15-3-1-2-13(6-15)11-27-16-8-18(25)17-10-19(26)23(30-21(17)9-16)14-4-5-20-22(7-14)29-12-28-20/h1-10,23,25-26H,11-12H2. The first-order valence-electron chi connectivity index (χ1n) is 9.28. The molecule has 0 amide bonds. The number of benzene rings is 3. The molecule has 5 rings (SSSR count). The summed E-state index contributed by atoms with van der Waals surface area (Å²) in [6, 6.07) is 15.8. The minimum absolute atomic E-state index is 0.0238. The van der Waals surface area contributed by atoms with Gasteiger partial charge in [0.2, 0.25) is 6.79 Å². The molecular formula is C23H17ClO6. The molecule has 7 heteroatoms. The van der Waals surface area contributed by atoms with E-state index < -0.39 is 6.10 Å². The third-order valence-electron chi connectivity index (χ3n) is 4.89. The van der Waals surface area contributed by atoms with Gasteiger partial charge in [-0.1, -0.05) is 29.8 Å². The van der Waals surface area contributed by atoms with Crippen LogP contribution >= 0.6 is 11.6 Å². The Bertz CT molecular complexity index is 1160. The summed E-state index contributed by atoms with van der Waals surface area (Å²) in [6.45, 7) is 0.446. The molecule has 1 atom stereocenters. The highest BCUT2D eigenvalue weighted by Crippen LogP contribution is 2.44. The molecule has 3 aromatic carbocycles. The molecule has 1 unspecified atom stereocenters. The summed E-state index contributed by atoms with van der Waals surface area (Å²) in [4.78, 5) is 0. The molecule has 6 nitrogen and oxygen atoms in total. The van der Waals surface area contributed by atoms with E-state index in [-0.39, 0.29) is 24.9 Å². The van der Waals surface area contributed by atoms with Crippen LogP contribution in [0.15, 0.2) is 60.4 Å². The molecule has 0 fully saturated rings. The Kier molecular flexibility index (Phi) is 4.56. The van der Waals surface area contributed by atoms with Crippen molar-refractivity contribution in [1.29, 1.82) is 0 Å². The Balaban J connectivity index is 1.41. The zero-order valence-corrected chi connectivity index (χ0v) is 16.4. The Labute approximate surface area is 177 Å². The largest absolute Gasteiger partial charge is 0.508 e.